The van der Waals surface area contributed by atoms with Crippen molar-refractivity contribution in [3.63, 3.8) is 0 Å². The first kappa shape index (κ1) is 21.5. The first-order valence-corrected chi connectivity index (χ1v) is 10.6. The Kier molecular flexibility index (Phi) is 6.79. The number of carbonyl (C=O) groups is 2. The van der Waals surface area contributed by atoms with Gasteiger partial charge in [-0.05, 0) is 53.8 Å². The lowest BCUT2D eigenvalue weighted by atomic mass is 10.0. The van der Waals surface area contributed by atoms with Crippen LogP contribution in [0, 0.1) is 6.92 Å². The Morgan fingerprint density at radius 2 is 1.93 bits per heavy atom. The first-order valence-electron chi connectivity index (χ1n) is 9.68. The van der Waals surface area contributed by atoms with Crippen molar-refractivity contribution in [2.75, 3.05) is 5.32 Å². The Labute approximate surface area is 180 Å². The van der Waals surface area contributed by atoms with E-state index in [2.05, 4.69) is 29.5 Å². The van der Waals surface area contributed by atoms with E-state index in [1.807, 2.05) is 37.3 Å². The van der Waals surface area contributed by atoms with Gasteiger partial charge in [0.25, 0.3) is 0 Å². The van der Waals surface area contributed by atoms with Crippen LogP contribution in [0.4, 0.5) is 5.69 Å². The predicted octanol–water partition coefficient (Wildman–Crippen LogP) is 5.62. The summed E-state index contributed by atoms with van der Waals surface area (Å²) in [5.41, 5.74) is 4.45. The summed E-state index contributed by atoms with van der Waals surface area (Å²) in [4.78, 5) is 28.4. The molecular formula is C24H24N2O3S. The minimum absolute atomic E-state index is 0.00137. The van der Waals surface area contributed by atoms with Crippen LogP contribution in [0.5, 0.6) is 0 Å². The molecule has 5 nitrogen and oxygen atoms in total. The van der Waals surface area contributed by atoms with E-state index in [1.165, 1.54) is 6.07 Å². The van der Waals surface area contributed by atoms with Gasteiger partial charge in [-0.25, -0.2) is 9.78 Å². The molecule has 0 bridgehead atoms. The largest absolute Gasteiger partial charge is 0.478 e. The monoisotopic (exact) mass is 420 g/mol. The van der Waals surface area contributed by atoms with Crippen molar-refractivity contribution < 1.29 is 14.7 Å². The molecule has 0 saturated heterocycles. The summed E-state index contributed by atoms with van der Waals surface area (Å²) in [6.45, 7) is 6.25. The van der Waals surface area contributed by atoms with Crippen molar-refractivity contribution in [1.29, 1.82) is 0 Å². The second-order valence-electron chi connectivity index (χ2n) is 7.36. The van der Waals surface area contributed by atoms with E-state index in [1.54, 1.807) is 29.5 Å². The van der Waals surface area contributed by atoms with Gasteiger partial charge in [0.1, 0.15) is 5.01 Å². The van der Waals surface area contributed by atoms with Crippen LogP contribution in [-0.4, -0.2) is 22.0 Å². The first-order chi connectivity index (χ1) is 14.3. The van der Waals surface area contributed by atoms with Crippen LogP contribution in [-0.2, 0) is 11.2 Å². The molecule has 0 spiro atoms. The maximum absolute atomic E-state index is 12.5. The third-order valence-corrected chi connectivity index (χ3v) is 5.53. The predicted molar refractivity (Wildman–Crippen MR) is 122 cm³/mol. The van der Waals surface area contributed by atoms with Crippen molar-refractivity contribution in [3.8, 4) is 0 Å². The lowest BCUT2D eigenvalue weighted by Gasteiger charge is -2.09. The van der Waals surface area contributed by atoms with Gasteiger partial charge in [-0.2, -0.15) is 0 Å². The van der Waals surface area contributed by atoms with Crippen LogP contribution in [0.3, 0.4) is 0 Å². The second-order valence-corrected chi connectivity index (χ2v) is 8.25. The lowest BCUT2D eigenvalue weighted by Crippen LogP contribution is -2.16. The summed E-state index contributed by atoms with van der Waals surface area (Å²) in [6.07, 6.45) is 3.97. The molecule has 2 aromatic carbocycles. The van der Waals surface area contributed by atoms with Gasteiger partial charge in [0.15, 0.2) is 0 Å². The molecule has 30 heavy (non-hydrogen) atoms. The maximum Gasteiger partial charge on any atom is 0.335 e. The molecule has 1 heterocycles. The van der Waals surface area contributed by atoms with E-state index < -0.39 is 5.97 Å². The minimum Gasteiger partial charge on any atom is -0.478 e. The van der Waals surface area contributed by atoms with Crippen LogP contribution >= 0.6 is 11.3 Å². The quantitative estimate of drug-likeness (QED) is 0.519. The number of carboxylic acid groups (broad SMARTS) is 1. The summed E-state index contributed by atoms with van der Waals surface area (Å²) in [5.74, 6) is -0.900. The van der Waals surface area contributed by atoms with Crippen LogP contribution in [0.15, 0.2) is 47.8 Å². The number of anilines is 1. The molecule has 0 fully saturated rings. The zero-order chi connectivity index (χ0) is 21.7. The summed E-state index contributed by atoms with van der Waals surface area (Å²) in [6, 6.07) is 12.2. The molecular weight excluding hydrogens is 396 g/mol. The standard InChI is InChI=1S/C24H24N2O3S/c1-15(2)21-14-30-23(26-21)11-9-17-12-19(10-8-16(17)3)25-22(27)13-18-6-4-5-7-20(18)24(28)29/h4-12,14-15H,13H2,1-3H3,(H,25,27)(H,28,29)/b11-9+. The van der Waals surface area contributed by atoms with Gasteiger partial charge in [0.2, 0.25) is 5.91 Å². The topological polar surface area (TPSA) is 79.3 Å². The number of hydrogen-bond acceptors (Lipinski definition) is 4. The van der Waals surface area contributed by atoms with E-state index in [0.717, 1.165) is 21.8 Å². The summed E-state index contributed by atoms with van der Waals surface area (Å²) in [7, 11) is 0. The highest BCUT2D eigenvalue weighted by Gasteiger charge is 2.13. The number of aryl methyl sites for hydroxylation is 1. The zero-order valence-corrected chi connectivity index (χ0v) is 18.0. The summed E-state index contributed by atoms with van der Waals surface area (Å²) < 4.78 is 0. The fourth-order valence-corrected chi connectivity index (χ4v) is 3.83. The number of rotatable bonds is 7. The molecule has 0 saturated carbocycles. The van der Waals surface area contributed by atoms with Gasteiger partial charge in [0, 0.05) is 11.1 Å². The molecule has 6 heteroatoms. The lowest BCUT2D eigenvalue weighted by molar-refractivity contribution is -0.115. The number of aromatic carboxylic acids is 1. The van der Waals surface area contributed by atoms with Crippen molar-refractivity contribution in [2.45, 2.75) is 33.1 Å². The van der Waals surface area contributed by atoms with Gasteiger partial charge in [-0.1, -0.05) is 44.2 Å². The molecule has 2 N–H and O–H groups in total. The molecule has 0 unspecified atom stereocenters. The normalized spacial score (nSPS) is 11.2. The highest BCUT2D eigenvalue weighted by atomic mass is 32.1. The van der Waals surface area contributed by atoms with Gasteiger partial charge in [-0.3, -0.25) is 4.79 Å². The Hall–Kier alpha value is -3.25. The third-order valence-electron chi connectivity index (χ3n) is 4.70. The third kappa shape index (κ3) is 5.42. The van der Waals surface area contributed by atoms with E-state index >= 15 is 0 Å². The van der Waals surface area contributed by atoms with E-state index in [4.69, 9.17) is 0 Å². The Balaban J connectivity index is 1.72. The van der Waals surface area contributed by atoms with Gasteiger partial charge in [-0.15, -0.1) is 11.3 Å². The number of nitrogens with zero attached hydrogens (tertiary/aromatic N) is 1. The summed E-state index contributed by atoms with van der Waals surface area (Å²) in [5, 5.41) is 15.2. The van der Waals surface area contributed by atoms with Crippen LogP contribution in [0.25, 0.3) is 12.2 Å². The Bertz CT molecular complexity index is 1100. The average Bonchev–Trinajstić information content (AvgIpc) is 3.18. The van der Waals surface area contributed by atoms with Crippen molar-refractivity contribution in [1.82, 2.24) is 4.98 Å². The molecule has 0 aliphatic rings. The average molecular weight is 421 g/mol. The maximum atomic E-state index is 12.5. The molecule has 1 amide bonds. The number of thiazole rings is 1. The van der Waals surface area contributed by atoms with E-state index in [0.29, 0.717) is 17.2 Å². The number of aromatic nitrogens is 1. The number of hydrogen-bond donors (Lipinski definition) is 2. The van der Waals surface area contributed by atoms with Crippen LogP contribution in [0.1, 0.15) is 57.5 Å². The van der Waals surface area contributed by atoms with Crippen molar-refractivity contribution >= 4 is 41.1 Å². The molecule has 3 aromatic rings. The highest BCUT2D eigenvalue weighted by Crippen LogP contribution is 2.22. The Morgan fingerprint density at radius 1 is 1.17 bits per heavy atom. The number of nitrogens with one attached hydrogen (secondary N) is 1. The number of amides is 1. The van der Waals surface area contributed by atoms with Crippen molar-refractivity contribution in [3.05, 3.63) is 80.8 Å². The molecule has 0 aliphatic heterocycles. The number of carboxylic acids is 1. The van der Waals surface area contributed by atoms with Gasteiger partial charge >= 0.3 is 5.97 Å². The van der Waals surface area contributed by atoms with Crippen molar-refractivity contribution in [2.24, 2.45) is 0 Å². The molecule has 1 aromatic heterocycles. The zero-order valence-electron chi connectivity index (χ0n) is 17.2. The Morgan fingerprint density at radius 3 is 2.63 bits per heavy atom. The molecule has 0 atom stereocenters. The number of carbonyl (C=O) groups excluding carboxylic acids is 1. The fourth-order valence-electron chi connectivity index (χ4n) is 2.96. The number of benzene rings is 2. The van der Waals surface area contributed by atoms with Gasteiger partial charge in [0.05, 0.1) is 17.7 Å². The van der Waals surface area contributed by atoms with E-state index in [-0.39, 0.29) is 17.9 Å². The fraction of sp³-hybridized carbons (Fsp3) is 0.208. The minimum atomic E-state index is -1.04. The van der Waals surface area contributed by atoms with Crippen LogP contribution < -0.4 is 5.32 Å². The van der Waals surface area contributed by atoms with Gasteiger partial charge < -0.3 is 10.4 Å². The molecule has 3 rings (SSSR count). The van der Waals surface area contributed by atoms with Crippen LogP contribution in [0.2, 0.25) is 0 Å². The summed E-state index contributed by atoms with van der Waals surface area (Å²) >= 11 is 1.61. The molecule has 0 aliphatic carbocycles. The SMILES string of the molecule is Cc1ccc(NC(=O)Cc2ccccc2C(=O)O)cc1/C=C/c1nc(C(C)C)cs1. The second kappa shape index (κ2) is 9.50. The van der Waals surface area contributed by atoms with E-state index in [9.17, 15) is 14.7 Å². The molecule has 0 radical (unpaired) electrons. The smallest absolute Gasteiger partial charge is 0.335 e. The highest BCUT2D eigenvalue weighted by molar-refractivity contribution is 7.10. The molecule has 154 valence electrons.